The Hall–Kier alpha value is -2.65. The number of fused-ring (bicyclic) bond motifs is 1. The van der Waals surface area contributed by atoms with Gasteiger partial charge in [-0.25, -0.2) is 13.4 Å². The van der Waals surface area contributed by atoms with E-state index in [1.165, 1.54) is 0 Å². The number of nitrogens with zero attached hydrogens (tertiary/aromatic N) is 1. The van der Waals surface area contributed by atoms with Gasteiger partial charge in [0.2, 0.25) is 0 Å². The Bertz CT molecular complexity index is 1140. The molecule has 1 saturated heterocycles. The van der Waals surface area contributed by atoms with Crippen molar-refractivity contribution in [2.45, 2.75) is 58.6 Å². The molecule has 184 valence electrons. The van der Waals surface area contributed by atoms with Gasteiger partial charge in [0, 0.05) is 6.04 Å². The van der Waals surface area contributed by atoms with Crippen LogP contribution in [-0.2, 0) is 34.5 Å². The fourth-order valence-electron chi connectivity index (χ4n) is 4.51. The van der Waals surface area contributed by atoms with E-state index in [0.29, 0.717) is 24.3 Å². The molecule has 4 rings (SSSR count). The number of ether oxygens (including phenoxy) is 1. The number of rotatable bonds is 8. The molecule has 0 aromatic heterocycles. The number of halogens is 1. The van der Waals surface area contributed by atoms with E-state index in [0.717, 1.165) is 41.2 Å². The van der Waals surface area contributed by atoms with Crippen LogP contribution in [0.15, 0.2) is 36.4 Å². The fourth-order valence-corrected chi connectivity index (χ4v) is 5.67. The maximum Gasteiger partial charge on any atom is 0.326 e. The Morgan fingerprint density at radius 2 is 2.03 bits per heavy atom. The predicted octanol–water partition coefficient (Wildman–Crippen LogP) is 3.47. The Balaban J connectivity index is 1.70. The number of anilines is 1. The van der Waals surface area contributed by atoms with Crippen LogP contribution in [0, 0.1) is 11.7 Å². The van der Waals surface area contributed by atoms with Crippen molar-refractivity contribution in [2.24, 2.45) is 5.92 Å². The highest BCUT2D eigenvalue weighted by Crippen LogP contribution is 2.40. The van der Waals surface area contributed by atoms with Crippen LogP contribution in [0.2, 0.25) is 0 Å². The average molecular weight is 490 g/mol. The van der Waals surface area contributed by atoms with Gasteiger partial charge in [0.15, 0.2) is 5.82 Å². The first kappa shape index (κ1) is 24.5. The van der Waals surface area contributed by atoms with Crippen molar-refractivity contribution < 1.29 is 22.3 Å². The number of carbonyl (C=O) groups is 1. The first-order valence-electron chi connectivity index (χ1n) is 11.8. The van der Waals surface area contributed by atoms with Crippen molar-refractivity contribution in [3.63, 3.8) is 0 Å². The summed E-state index contributed by atoms with van der Waals surface area (Å²) in [5.41, 5.74) is 2.00. The first-order valence-corrected chi connectivity index (χ1v) is 13.3. The molecule has 2 N–H and O–H groups in total. The van der Waals surface area contributed by atoms with Gasteiger partial charge in [0.05, 0.1) is 0 Å². The molecule has 34 heavy (non-hydrogen) atoms. The molecule has 1 fully saturated rings. The van der Waals surface area contributed by atoms with Gasteiger partial charge >= 0.3 is 10.2 Å². The van der Waals surface area contributed by atoms with Crippen molar-refractivity contribution in [1.29, 1.82) is 0 Å². The lowest BCUT2D eigenvalue weighted by molar-refractivity contribution is -0.117. The number of nitrogens with one attached hydrogen (secondary N) is 2. The Morgan fingerprint density at radius 1 is 1.26 bits per heavy atom. The second-order valence-electron chi connectivity index (χ2n) is 9.42. The molecule has 0 radical (unpaired) electrons. The molecule has 1 aliphatic heterocycles. The maximum absolute atomic E-state index is 16.1. The molecule has 1 amide bonds. The molecule has 9 heteroatoms. The van der Waals surface area contributed by atoms with E-state index in [9.17, 15) is 13.2 Å². The fraction of sp³-hybridized carbons (Fsp3) is 0.480. The summed E-state index contributed by atoms with van der Waals surface area (Å²) in [5.74, 6) is -0.621. The lowest BCUT2D eigenvalue weighted by Gasteiger charge is -2.24. The quantitative estimate of drug-likeness (QED) is 0.555. The normalized spacial score (nSPS) is 19.6. The summed E-state index contributed by atoms with van der Waals surface area (Å²) in [7, 11) is -4.19. The zero-order chi connectivity index (χ0) is 24.3. The predicted molar refractivity (Wildman–Crippen MR) is 129 cm³/mol. The van der Waals surface area contributed by atoms with Gasteiger partial charge in [-0.15, -0.1) is 0 Å². The van der Waals surface area contributed by atoms with Gasteiger partial charge in [-0.2, -0.15) is 8.42 Å². The molecular weight excluding hydrogens is 457 g/mol. The van der Waals surface area contributed by atoms with Crippen LogP contribution in [0.1, 0.15) is 49.8 Å². The van der Waals surface area contributed by atoms with E-state index in [1.54, 1.807) is 6.07 Å². The zero-order valence-electron chi connectivity index (χ0n) is 19.6. The summed E-state index contributed by atoms with van der Waals surface area (Å²) in [6, 6.07) is 11.2. The number of aryl methyl sites for hydroxylation is 1. The molecule has 1 unspecified atom stereocenters. The lowest BCUT2D eigenvalue weighted by atomic mass is 9.99. The van der Waals surface area contributed by atoms with Crippen LogP contribution in [0.5, 0.6) is 5.75 Å². The summed E-state index contributed by atoms with van der Waals surface area (Å²) in [6.07, 6.45) is 3.97. The smallest absolute Gasteiger partial charge is 0.326 e. The Kier molecular flexibility index (Phi) is 7.42. The number of carbonyl (C=O) groups excluding carboxylic acids is 1. The van der Waals surface area contributed by atoms with E-state index in [4.69, 9.17) is 4.74 Å². The summed E-state index contributed by atoms with van der Waals surface area (Å²) in [4.78, 5) is 11.9. The standard InChI is InChI=1S/C25H32FN3O4S/c1-17(2)11-12-27-20-10-6-9-19-13-22(33-16-18-7-4-3-5-8-18)25(24(26)21(19)14-20)29-15-23(30)28-34(29,31)32/h3-5,7-8,13,17,20,27H,6,9-12,14-16H2,1-2H3,(H,28,30). The highest BCUT2D eigenvalue weighted by molar-refractivity contribution is 7.92. The summed E-state index contributed by atoms with van der Waals surface area (Å²) >= 11 is 0. The molecule has 1 heterocycles. The third-order valence-electron chi connectivity index (χ3n) is 6.31. The van der Waals surface area contributed by atoms with E-state index in [-0.39, 0.29) is 24.1 Å². The number of hydrogen-bond acceptors (Lipinski definition) is 5. The molecule has 1 aliphatic carbocycles. The van der Waals surface area contributed by atoms with Crippen LogP contribution in [0.3, 0.4) is 0 Å². The van der Waals surface area contributed by atoms with Crippen molar-refractivity contribution in [3.8, 4) is 5.75 Å². The van der Waals surface area contributed by atoms with Crippen LogP contribution in [0.25, 0.3) is 0 Å². The van der Waals surface area contributed by atoms with E-state index >= 15 is 4.39 Å². The number of hydrogen-bond donors (Lipinski definition) is 2. The molecule has 1 atom stereocenters. The summed E-state index contributed by atoms with van der Waals surface area (Å²) in [5, 5.41) is 3.54. The lowest BCUT2D eigenvalue weighted by Crippen LogP contribution is -2.33. The highest BCUT2D eigenvalue weighted by Gasteiger charge is 2.39. The maximum atomic E-state index is 16.1. The van der Waals surface area contributed by atoms with Crippen molar-refractivity contribution in [1.82, 2.24) is 10.0 Å². The van der Waals surface area contributed by atoms with E-state index < -0.39 is 28.5 Å². The van der Waals surface area contributed by atoms with Gasteiger partial charge in [-0.3, -0.25) is 4.79 Å². The Morgan fingerprint density at radius 3 is 2.71 bits per heavy atom. The molecule has 2 aromatic carbocycles. The minimum atomic E-state index is -4.19. The van der Waals surface area contributed by atoms with Crippen molar-refractivity contribution in [3.05, 3.63) is 58.9 Å². The third-order valence-corrected chi connectivity index (χ3v) is 7.69. The third kappa shape index (κ3) is 5.52. The molecule has 0 bridgehead atoms. The average Bonchev–Trinajstić information content (AvgIpc) is 2.93. The molecule has 2 aliphatic rings. The summed E-state index contributed by atoms with van der Waals surface area (Å²) in [6.45, 7) is 4.86. The highest BCUT2D eigenvalue weighted by atomic mass is 32.2. The van der Waals surface area contributed by atoms with Gasteiger partial charge in [-0.05, 0) is 67.3 Å². The molecule has 7 nitrogen and oxygen atoms in total. The molecule has 0 spiro atoms. The SMILES string of the molecule is CC(C)CCNC1CCCc2cc(OCc3ccccc3)c(N3CC(=O)NS3(=O)=O)c(F)c2C1. The second-order valence-corrected chi connectivity index (χ2v) is 11.0. The van der Waals surface area contributed by atoms with Crippen LogP contribution in [0.4, 0.5) is 10.1 Å². The summed E-state index contributed by atoms with van der Waals surface area (Å²) < 4.78 is 50.0. The monoisotopic (exact) mass is 489 g/mol. The molecule has 0 saturated carbocycles. The van der Waals surface area contributed by atoms with E-state index in [1.807, 2.05) is 35.1 Å². The van der Waals surface area contributed by atoms with Crippen molar-refractivity contribution >= 4 is 21.8 Å². The van der Waals surface area contributed by atoms with Crippen molar-refractivity contribution in [2.75, 3.05) is 17.4 Å². The zero-order valence-corrected chi connectivity index (χ0v) is 20.5. The van der Waals surface area contributed by atoms with Gasteiger partial charge in [-0.1, -0.05) is 44.2 Å². The minimum absolute atomic E-state index is 0.105. The topological polar surface area (TPSA) is 87.7 Å². The minimum Gasteiger partial charge on any atom is -0.487 e. The van der Waals surface area contributed by atoms with Crippen LogP contribution < -0.4 is 19.1 Å². The second kappa shape index (κ2) is 10.3. The van der Waals surface area contributed by atoms with Gasteiger partial charge < -0.3 is 10.1 Å². The van der Waals surface area contributed by atoms with Gasteiger partial charge in [0.25, 0.3) is 5.91 Å². The number of benzene rings is 2. The van der Waals surface area contributed by atoms with Crippen LogP contribution >= 0.6 is 0 Å². The molecule has 2 aromatic rings. The van der Waals surface area contributed by atoms with E-state index in [2.05, 4.69) is 19.2 Å². The molecular formula is C25H32FN3O4S. The Labute approximate surface area is 200 Å². The first-order chi connectivity index (χ1) is 16.2. The largest absolute Gasteiger partial charge is 0.487 e. The number of amides is 1. The van der Waals surface area contributed by atoms with Crippen LogP contribution in [-0.4, -0.2) is 33.5 Å². The van der Waals surface area contributed by atoms with Gasteiger partial charge in [0.1, 0.15) is 24.6 Å².